The molecular formula is C16H18F3N3O. The lowest BCUT2D eigenvalue weighted by Crippen LogP contribution is -2.40. The number of nitriles is 1. The molecule has 0 spiro atoms. The van der Waals surface area contributed by atoms with E-state index in [0.29, 0.717) is 25.3 Å². The van der Waals surface area contributed by atoms with Gasteiger partial charge in [0.05, 0.1) is 16.8 Å². The lowest BCUT2D eigenvalue weighted by Gasteiger charge is -2.35. The number of hydrogen-bond acceptors (Lipinski definition) is 3. The Kier molecular flexibility index (Phi) is 5.14. The highest BCUT2D eigenvalue weighted by molar-refractivity contribution is 5.72. The van der Waals surface area contributed by atoms with Gasteiger partial charge in [-0.2, -0.15) is 18.4 Å². The van der Waals surface area contributed by atoms with Crippen LogP contribution in [0.25, 0.3) is 0 Å². The van der Waals surface area contributed by atoms with Crippen LogP contribution in [0.4, 0.5) is 18.9 Å². The van der Waals surface area contributed by atoms with Crippen molar-refractivity contribution in [1.82, 2.24) is 5.32 Å². The Morgan fingerprint density at radius 2 is 2.22 bits per heavy atom. The Morgan fingerprint density at radius 1 is 1.48 bits per heavy atom. The molecule has 1 amide bonds. The molecule has 124 valence electrons. The van der Waals surface area contributed by atoms with Crippen molar-refractivity contribution < 1.29 is 18.0 Å². The van der Waals surface area contributed by atoms with E-state index in [2.05, 4.69) is 5.32 Å². The summed E-state index contributed by atoms with van der Waals surface area (Å²) in [6, 6.07) is 5.13. The van der Waals surface area contributed by atoms with Crippen molar-refractivity contribution in [2.24, 2.45) is 5.92 Å². The number of benzene rings is 1. The summed E-state index contributed by atoms with van der Waals surface area (Å²) in [6.07, 6.45) is -2.64. The zero-order valence-corrected chi connectivity index (χ0v) is 12.8. The molecule has 23 heavy (non-hydrogen) atoms. The second-order valence-corrected chi connectivity index (χ2v) is 5.73. The fourth-order valence-electron chi connectivity index (χ4n) is 2.82. The fraction of sp³-hybridized carbons (Fsp3) is 0.500. The van der Waals surface area contributed by atoms with Gasteiger partial charge in [0.25, 0.3) is 0 Å². The molecule has 1 N–H and O–H groups in total. The molecule has 4 nitrogen and oxygen atoms in total. The summed E-state index contributed by atoms with van der Waals surface area (Å²) in [5.74, 6) is 0.121. The summed E-state index contributed by atoms with van der Waals surface area (Å²) < 4.78 is 38.3. The number of hydrogen-bond donors (Lipinski definition) is 1. The van der Waals surface area contributed by atoms with Crippen LogP contribution in [0, 0.1) is 17.2 Å². The number of anilines is 1. The van der Waals surface area contributed by atoms with Gasteiger partial charge in [0.15, 0.2) is 0 Å². The van der Waals surface area contributed by atoms with Crippen molar-refractivity contribution in [3.8, 4) is 6.07 Å². The minimum atomic E-state index is -4.46. The number of carbonyl (C=O) groups is 1. The van der Waals surface area contributed by atoms with Gasteiger partial charge in [0.2, 0.25) is 5.91 Å². The lowest BCUT2D eigenvalue weighted by molar-refractivity contribution is -0.137. The van der Waals surface area contributed by atoms with Gasteiger partial charge in [-0.1, -0.05) is 0 Å². The Hall–Kier alpha value is -2.23. The van der Waals surface area contributed by atoms with Gasteiger partial charge in [-0.3, -0.25) is 4.79 Å². The first-order valence-corrected chi connectivity index (χ1v) is 7.42. The van der Waals surface area contributed by atoms with Crippen LogP contribution in [0.2, 0.25) is 0 Å². The molecule has 1 unspecified atom stereocenters. The summed E-state index contributed by atoms with van der Waals surface area (Å²) >= 11 is 0. The predicted molar refractivity (Wildman–Crippen MR) is 79.8 cm³/mol. The fourth-order valence-corrected chi connectivity index (χ4v) is 2.82. The molecule has 0 radical (unpaired) electrons. The summed E-state index contributed by atoms with van der Waals surface area (Å²) in [5, 5.41) is 11.9. The number of nitrogens with zero attached hydrogens (tertiary/aromatic N) is 2. The van der Waals surface area contributed by atoms with Crippen molar-refractivity contribution in [3.63, 3.8) is 0 Å². The van der Waals surface area contributed by atoms with Crippen LogP contribution in [-0.2, 0) is 11.0 Å². The van der Waals surface area contributed by atoms with Gasteiger partial charge in [0.1, 0.15) is 6.07 Å². The lowest BCUT2D eigenvalue weighted by atomic mass is 9.96. The van der Waals surface area contributed by atoms with Gasteiger partial charge in [-0.25, -0.2) is 0 Å². The quantitative estimate of drug-likeness (QED) is 0.929. The first-order valence-electron chi connectivity index (χ1n) is 7.42. The van der Waals surface area contributed by atoms with Crippen molar-refractivity contribution >= 4 is 11.6 Å². The molecule has 0 aliphatic carbocycles. The summed E-state index contributed by atoms with van der Waals surface area (Å²) in [7, 11) is 0. The molecule has 1 aliphatic rings. The number of nitrogens with one attached hydrogen (secondary N) is 1. The third-order valence-electron chi connectivity index (χ3n) is 3.94. The maximum atomic E-state index is 12.8. The average molecular weight is 325 g/mol. The highest BCUT2D eigenvalue weighted by Crippen LogP contribution is 2.33. The number of carbonyl (C=O) groups excluding carboxylic acids is 1. The van der Waals surface area contributed by atoms with Crippen LogP contribution >= 0.6 is 0 Å². The van der Waals surface area contributed by atoms with Crippen molar-refractivity contribution in [3.05, 3.63) is 29.3 Å². The van der Waals surface area contributed by atoms with Crippen LogP contribution in [0.1, 0.15) is 30.9 Å². The molecule has 1 aliphatic heterocycles. The standard InChI is InChI=1S/C16H18F3N3O/c1-11(23)21-9-12-3-2-6-22(10-12)15-5-4-14(16(17,18)19)7-13(15)8-20/h4-5,7,12H,2-3,6,9-10H2,1H3,(H,21,23). The van der Waals surface area contributed by atoms with Crippen molar-refractivity contribution in [2.75, 3.05) is 24.5 Å². The summed E-state index contributed by atoms with van der Waals surface area (Å²) in [4.78, 5) is 12.9. The highest BCUT2D eigenvalue weighted by atomic mass is 19.4. The Bertz CT molecular complexity index is 622. The molecule has 1 aromatic rings. The summed E-state index contributed by atoms with van der Waals surface area (Å²) in [5.41, 5.74) is -0.266. The average Bonchev–Trinajstić information content (AvgIpc) is 2.51. The third kappa shape index (κ3) is 4.38. The maximum absolute atomic E-state index is 12.8. The second kappa shape index (κ2) is 6.90. The number of halogens is 3. The molecule has 0 aromatic heterocycles. The van der Waals surface area contributed by atoms with Crippen molar-refractivity contribution in [1.29, 1.82) is 5.26 Å². The molecule has 1 saturated heterocycles. The molecule has 0 saturated carbocycles. The van der Waals surface area contributed by atoms with E-state index in [-0.39, 0.29) is 17.4 Å². The van der Waals surface area contributed by atoms with E-state index in [0.717, 1.165) is 25.0 Å². The zero-order chi connectivity index (χ0) is 17.0. The van der Waals surface area contributed by atoms with E-state index in [1.54, 1.807) is 0 Å². The van der Waals surface area contributed by atoms with E-state index in [1.165, 1.54) is 13.0 Å². The Morgan fingerprint density at radius 3 is 2.83 bits per heavy atom. The molecule has 2 rings (SSSR count). The number of piperidine rings is 1. The monoisotopic (exact) mass is 325 g/mol. The van der Waals surface area contributed by atoms with E-state index >= 15 is 0 Å². The van der Waals surface area contributed by atoms with Crippen LogP contribution < -0.4 is 10.2 Å². The first-order chi connectivity index (χ1) is 10.8. The topological polar surface area (TPSA) is 56.1 Å². The zero-order valence-electron chi connectivity index (χ0n) is 12.8. The molecule has 1 atom stereocenters. The Balaban J connectivity index is 2.17. The normalized spacial score (nSPS) is 18.4. The minimum absolute atomic E-state index is 0.0278. The van der Waals surface area contributed by atoms with Gasteiger partial charge in [-0.15, -0.1) is 0 Å². The maximum Gasteiger partial charge on any atom is 0.416 e. The molecule has 1 fully saturated rings. The van der Waals surface area contributed by atoms with Crippen LogP contribution in [0.3, 0.4) is 0 Å². The van der Waals surface area contributed by atoms with E-state index < -0.39 is 11.7 Å². The number of alkyl halides is 3. The smallest absolute Gasteiger partial charge is 0.370 e. The van der Waals surface area contributed by atoms with Crippen LogP contribution in [-0.4, -0.2) is 25.5 Å². The van der Waals surface area contributed by atoms with Gasteiger partial charge < -0.3 is 10.2 Å². The van der Waals surface area contributed by atoms with E-state index in [1.807, 2.05) is 11.0 Å². The van der Waals surface area contributed by atoms with Crippen LogP contribution in [0.5, 0.6) is 0 Å². The molecular weight excluding hydrogens is 307 g/mol. The first kappa shape index (κ1) is 17.1. The predicted octanol–water partition coefficient (Wildman–Crippen LogP) is 2.93. The largest absolute Gasteiger partial charge is 0.416 e. The highest BCUT2D eigenvalue weighted by Gasteiger charge is 2.32. The van der Waals surface area contributed by atoms with Crippen molar-refractivity contribution in [2.45, 2.75) is 25.9 Å². The Labute approximate surface area is 132 Å². The SMILES string of the molecule is CC(=O)NCC1CCCN(c2ccc(C(F)(F)F)cc2C#N)C1. The molecule has 1 aromatic carbocycles. The molecule has 0 bridgehead atoms. The van der Waals surface area contributed by atoms with Crippen LogP contribution in [0.15, 0.2) is 18.2 Å². The van der Waals surface area contributed by atoms with Gasteiger partial charge >= 0.3 is 6.18 Å². The van der Waals surface area contributed by atoms with Gasteiger partial charge in [0, 0.05) is 26.6 Å². The third-order valence-corrected chi connectivity index (χ3v) is 3.94. The minimum Gasteiger partial charge on any atom is -0.370 e. The second-order valence-electron chi connectivity index (χ2n) is 5.73. The number of amides is 1. The van der Waals surface area contributed by atoms with E-state index in [4.69, 9.17) is 0 Å². The molecule has 1 heterocycles. The number of rotatable bonds is 3. The molecule has 7 heteroatoms. The summed E-state index contributed by atoms with van der Waals surface area (Å²) in [6.45, 7) is 3.29. The van der Waals surface area contributed by atoms with E-state index in [9.17, 15) is 23.2 Å². The van der Waals surface area contributed by atoms with Gasteiger partial charge in [-0.05, 0) is 37.0 Å².